The molecule has 0 aliphatic carbocycles. The predicted octanol–water partition coefficient (Wildman–Crippen LogP) is -1.06. The van der Waals surface area contributed by atoms with Crippen molar-refractivity contribution in [2.24, 2.45) is 22.0 Å². The minimum Gasteiger partial charge on any atom is -0.383 e. The number of hydrogen-bond donors (Lipinski definition) is 4. The van der Waals surface area contributed by atoms with E-state index in [0.717, 1.165) is 0 Å². The molecule has 0 saturated carbocycles. The number of aliphatic imine (C=N–C) groups is 1. The molecule has 17 heavy (non-hydrogen) atoms. The molecule has 0 fully saturated rings. The molecule has 0 aliphatic heterocycles. The molecule has 7 heteroatoms. The van der Waals surface area contributed by atoms with Gasteiger partial charge in [0, 0.05) is 13.2 Å². The van der Waals surface area contributed by atoms with Crippen LogP contribution in [0.3, 0.4) is 0 Å². The van der Waals surface area contributed by atoms with Crippen molar-refractivity contribution in [3.8, 4) is 0 Å². The van der Waals surface area contributed by atoms with E-state index in [1.165, 1.54) is 0 Å². The normalized spacial score (nSPS) is 14.3. The van der Waals surface area contributed by atoms with E-state index in [-0.39, 0.29) is 12.6 Å². The molecule has 1 atom stereocenters. The third kappa shape index (κ3) is 6.08. The van der Waals surface area contributed by atoms with Crippen molar-refractivity contribution in [1.29, 1.82) is 0 Å². The van der Waals surface area contributed by atoms with Crippen LogP contribution in [0.25, 0.3) is 0 Å². The van der Waals surface area contributed by atoms with E-state index < -0.39 is 11.3 Å². The number of amides is 1. The number of primary amides is 1. The Morgan fingerprint density at radius 3 is 2.53 bits per heavy atom. The Balaban J connectivity index is 4.41. The zero-order chi connectivity index (χ0) is 13.5. The maximum Gasteiger partial charge on any atom is 0.224 e. The Labute approximate surface area is 102 Å². The predicted molar refractivity (Wildman–Crippen MR) is 67.1 cm³/mol. The second-order valence-corrected chi connectivity index (χ2v) is 4.56. The van der Waals surface area contributed by atoms with E-state index >= 15 is 0 Å². The van der Waals surface area contributed by atoms with Gasteiger partial charge in [0.05, 0.1) is 18.6 Å². The van der Waals surface area contributed by atoms with Crippen LogP contribution in [-0.2, 0) is 9.53 Å². The molecule has 0 aliphatic rings. The number of nitrogens with zero attached hydrogens (tertiary/aromatic N) is 1. The number of carbonyl (C=O) groups excluding carboxylic acids is 1. The lowest BCUT2D eigenvalue weighted by Crippen LogP contribution is -2.47. The summed E-state index contributed by atoms with van der Waals surface area (Å²) in [6.07, 6.45) is 0. The monoisotopic (exact) mass is 245 g/mol. The summed E-state index contributed by atoms with van der Waals surface area (Å²) >= 11 is 0. The van der Waals surface area contributed by atoms with E-state index in [0.29, 0.717) is 12.6 Å². The van der Waals surface area contributed by atoms with Gasteiger partial charge in [-0.3, -0.25) is 15.2 Å². The first-order valence-electron chi connectivity index (χ1n) is 5.40. The number of nitrogens with one attached hydrogen (secondary N) is 2. The lowest BCUT2D eigenvalue weighted by Gasteiger charge is -2.20. The molecule has 0 heterocycles. The first-order chi connectivity index (χ1) is 7.83. The highest BCUT2D eigenvalue weighted by Gasteiger charge is 2.24. The van der Waals surface area contributed by atoms with E-state index in [1.807, 2.05) is 6.92 Å². The van der Waals surface area contributed by atoms with Crippen molar-refractivity contribution in [2.75, 3.05) is 20.3 Å². The molecule has 0 spiro atoms. The maximum atomic E-state index is 11.1. The first-order valence-corrected chi connectivity index (χ1v) is 5.40. The minimum atomic E-state index is -0.700. The van der Waals surface area contributed by atoms with Gasteiger partial charge in [-0.05, 0) is 20.8 Å². The summed E-state index contributed by atoms with van der Waals surface area (Å²) < 4.78 is 4.97. The smallest absolute Gasteiger partial charge is 0.224 e. The summed E-state index contributed by atoms with van der Waals surface area (Å²) in [5.41, 5.74) is 6.98. The summed E-state index contributed by atoms with van der Waals surface area (Å²) in [6, 6.07) is 0.0616. The summed E-state index contributed by atoms with van der Waals surface area (Å²) in [6.45, 7) is 6.17. The Bertz CT molecular complexity index is 278. The van der Waals surface area contributed by atoms with Crippen LogP contribution in [0.1, 0.15) is 20.8 Å². The van der Waals surface area contributed by atoms with Gasteiger partial charge in [-0.15, -0.1) is 0 Å². The molecule has 6 N–H and O–H groups in total. The number of rotatable bonds is 6. The molecule has 0 aromatic carbocycles. The van der Waals surface area contributed by atoms with Crippen LogP contribution in [0.4, 0.5) is 0 Å². The number of guanidine groups is 1. The molecule has 7 nitrogen and oxygen atoms in total. The topological polar surface area (TPSA) is 115 Å². The minimum absolute atomic E-state index is 0.0616. The molecule has 1 unspecified atom stereocenters. The van der Waals surface area contributed by atoms with Crippen molar-refractivity contribution in [2.45, 2.75) is 26.8 Å². The van der Waals surface area contributed by atoms with Gasteiger partial charge in [-0.2, -0.15) is 0 Å². The van der Waals surface area contributed by atoms with Crippen LogP contribution in [0.5, 0.6) is 0 Å². The van der Waals surface area contributed by atoms with E-state index in [4.69, 9.17) is 16.3 Å². The third-order valence-electron chi connectivity index (χ3n) is 2.24. The highest BCUT2D eigenvalue weighted by Crippen LogP contribution is 2.13. The zero-order valence-corrected chi connectivity index (χ0v) is 10.9. The Hall–Kier alpha value is -1.34. The summed E-state index contributed by atoms with van der Waals surface area (Å²) in [7, 11) is 1.61. The van der Waals surface area contributed by atoms with E-state index in [2.05, 4.69) is 15.7 Å². The molecule has 0 aromatic rings. The maximum absolute atomic E-state index is 11.1. The van der Waals surface area contributed by atoms with Crippen molar-refractivity contribution in [3.05, 3.63) is 0 Å². The average Bonchev–Trinajstić information content (AvgIpc) is 2.24. The van der Waals surface area contributed by atoms with Crippen LogP contribution in [0.15, 0.2) is 4.99 Å². The molecular weight excluding hydrogens is 222 g/mol. The summed E-state index contributed by atoms with van der Waals surface area (Å²) in [5, 5.41) is 3.02. The number of methoxy groups -OCH3 is 1. The molecule has 1 amide bonds. The van der Waals surface area contributed by atoms with Crippen molar-refractivity contribution < 1.29 is 9.53 Å². The van der Waals surface area contributed by atoms with Crippen LogP contribution < -0.4 is 22.3 Å². The second-order valence-electron chi connectivity index (χ2n) is 4.56. The van der Waals surface area contributed by atoms with Gasteiger partial charge in [0.25, 0.3) is 0 Å². The Morgan fingerprint density at radius 2 is 2.12 bits per heavy atom. The van der Waals surface area contributed by atoms with Crippen molar-refractivity contribution >= 4 is 11.9 Å². The number of hydrazine groups is 1. The second kappa shape index (κ2) is 7.08. The fraction of sp³-hybridized carbons (Fsp3) is 0.800. The van der Waals surface area contributed by atoms with Gasteiger partial charge < -0.3 is 15.8 Å². The van der Waals surface area contributed by atoms with Gasteiger partial charge in [-0.1, -0.05) is 0 Å². The van der Waals surface area contributed by atoms with Gasteiger partial charge in [0.2, 0.25) is 11.9 Å². The van der Waals surface area contributed by atoms with Gasteiger partial charge >= 0.3 is 0 Å². The fourth-order valence-corrected chi connectivity index (χ4v) is 1.01. The van der Waals surface area contributed by atoms with Crippen LogP contribution in [0.2, 0.25) is 0 Å². The van der Waals surface area contributed by atoms with Crippen molar-refractivity contribution in [1.82, 2.24) is 10.7 Å². The third-order valence-corrected chi connectivity index (χ3v) is 2.24. The summed E-state index contributed by atoms with van der Waals surface area (Å²) in [4.78, 5) is 15.3. The van der Waals surface area contributed by atoms with Gasteiger partial charge in [-0.25, -0.2) is 5.84 Å². The lowest BCUT2D eigenvalue weighted by molar-refractivity contribution is -0.125. The quantitative estimate of drug-likeness (QED) is 0.206. The highest BCUT2D eigenvalue weighted by molar-refractivity contribution is 5.82. The molecule has 100 valence electrons. The van der Waals surface area contributed by atoms with E-state index in [1.54, 1.807) is 21.0 Å². The zero-order valence-electron chi connectivity index (χ0n) is 10.9. The molecule has 0 bridgehead atoms. The average molecular weight is 245 g/mol. The standard InChI is InChI=1S/C10H23N5O2/c1-7(5-17-4)14-9(15-12)13-6-10(2,3)8(11)16/h7H,5-6,12H2,1-4H3,(H2,11,16)(H2,13,14,15). The van der Waals surface area contributed by atoms with Crippen LogP contribution in [0, 0.1) is 5.41 Å². The number of carbonyl (C=O) groups is 1. The first kappa shape index (κ1) is 15.7. The molecule has 0 saturated heterocycles. The Kier molecular flexibility index (Phi) is 6.52. The SMILES string of the molecule is COCC(C)NC(=NCC(C)(C)C(N)=O)NN. The number of ether oxygens (including phenoxy) is 1. The van der Waals surface area contributed by atoms with Crippen LogP contribution >= 0.6 is 0 Å². The Morgan fingerprint density at radius 1 is 1.53 bits per heavy atom. The molecule has 0 rings (SSSR count). The highest BCUT2D eigenvalue weighted by atomic mass is 16.5. The van der Waals surface area contributed by atoms with Crippen molar-refractivity contribution in [3.63, 3.8) is 0 Å². The lowest BCUT2D eigenvalue weighted by atomic mass is 9.93. The number of hydrogen-bond acceptors (Lipinski definition) is 4. The summed E-state index contributed by atoms with van der Waals surface area (Å²) in [5.74, 6) is 5.33. The van der Waals surface area contributed by atoms with Gasteiger partial charge in [0.15, 0.2) is 0 Å². The molecule has 0 aromatic heterocycles. The number of nitrogens with two attached hydrogens (primary N) is 2. The largest absolute Gasteiger partial charge is 0.383 e. The fourth-order valence-electron chi connectivity index (χ4n) is 1.01. The molecular formula is C10H23N5O2. The van der Waals surface area contributed by atoms with E-state index in [9.17, 15) is 4.79 Å². The van der Waals surface area contributed by atoms with Gasteiger partial charge in [0.1, 0.15) is 0 Å². The van der Waals surface area contributed by atoms with Crippen LogP contribution in [-0.4, -0.2) is 38.2 Å². The molecule has 0 radical (unpaired) electrons.